The van der Waals surface area contributed by atoms with E-state index in [9.17, 15) is 19.0 Å². The van der Waals surface area contributed by atoms with Crippen molar-refractivity contribution in [3.63, 3.8) is 0 Å². The largest absolute Gasteiger partial charge is 0.756 e. The molecule has 0 spiro atoms. The van der Waals surface area contributed by atoms with E-state index in [0.717, 1.165) is 96.3 Å². The van der Waals surface area contributed by atoms with Crippen LogP contribution < -0.4 is 4.89 Å². The van der Waals surface area contributed by atoms with E-state index in [1.165, 1.54) is 218 Å². The van der Waals surface area contributed by atoms with E-state index in [4.69, 9.17) is 18.5 Å². The minimum absolute atomic E-state index is 0.0328. The number of ether oxygens (including phenoxy) is 2. The Labute approximate surface area is 581 Å². The number of likely N-dealkylation sites (N-methyl/N-ethyl adjacent to an activating group) is 1. The van der Waals surface area contributed by atoms with E-state index in [2.05, 4.69) is 135 Å². The van der Waals surface area contributed by atoms with Gasteiger partial charge < -0.3 is 27.9 Å². The van der Waals surface area contributed by atoms with Crippen molar-refractivity contribution in [3.05, 3.63) is 122 Å². The van der Waals surface area contributed by atoms with Gasteiger partial charge in [0.2, 0.25) is 0 Å². The number of quaternary nitrogens is 1. The second kappa shape index (κ2) is 73.7. The fourth-order valence-corrected chi connectivity index (χ4v) is 11.7. The average Bonchev–Trinajstić information content (AvgIpc) is 1.57. The lowest BCUT2D eigenvalue weighted by molar-refractivity contribution is -0.870. The molecule has 0 radical (unpaired) electrons. The van der Waals surface area contributed by atoms with Gasteiger partial charge >= 0.3 is 11.9 Å². The molecule has 0 aliphatic rings. The van der Waals surface area contributed by atoms with Gasteiger partial charge in [0.1, 0.15) is 19.8 Å². The maximum atomic E-state index is 12.9. The predicted octanol–water partition coefficient (Wildman–Crippen LogP) is 25.5. The first kappa shape index (κ1) is 90.4. The molecule has 0 bridgehead atoms. The second-order valence-corrected chi connectivity index (χ2v) is 28.8. The maximum absolute atomic E-state index is 12.9. The van der Waals surface area contributed by atoms with Gasteiger partial charge in [0.25, 0.3) is 7.82 Å². The van der Waals surface area contributed by atoms with E-state index in [-0.39, 0.29) is 32.0 Å². The van der Waals surface area contributed by atoms with Crippen LogP contribution in [0.15, 0.2) is 122 Å². The van der Waals surface area contributed by atoms with Crippen LogP contribution in [0.4, 0.5) is 0 Å². The highest BCUT2D eigenvalue weighted by molar-refractivity contribution is 7.45. The van der Waals surface area contributed by atoms with Crippen LogP contribution in [0.2, 0.25) is 0 Å². The number of unbranched alkanes of at least 4 members (excludes halogenated alkanes) is 38. The lowest BCUT2D eigenvalue weighted by atomic mass is 10.0. The number of allylic oxidation sites excluding steroid dienone is 20. The Morgan fingerprint density at radius 1 is 0.340 bits per heavy atom. The molecule has 542 valence electrons. The number of hydrogen-bond donors (Lipinski definition) is 0. The van der Waals surface area contributed by atoms with Crippen molar-refractivity contribution in [2.45, 2.75) is 354 Å². The predicted molar refractivity (Wildman–Crippen MR) is 406 cm³/mol. The fraction of sp³-hybridized carbons (Fsp3) is 0.738. The van der Waals surface area contributed by atoms with Crippen LogP contribution >= 0.6 is 7.82 Å². The fourth-order valence-electron chi connectivity index (χ4n) is 11.0. The standard InChI is InChI=1S/C84H148NO8P/c1-6-8-10-12-14-16-18-20-22-24-26-28-30-32-34-36-37-38-39-40-41-42-43-44-45-46-47-49-51-53-55-57-59-61-63-65-67-69-71-73-75-77-84(87)93-82(81-92-94(88,89)91-79-78-85(3,4)5)80-90-83(86)76-74-72-70-68-66-64-62-60-58-56-54-52-50-48-35-33-31-29-27-25-23-21-19-17-15-13-11-9-7-2/h8,10,14,16,19-22,25-28,32,34,37-38,40-41,43-44,82H,6-7,9,11-13,15,17-18,23-24,29-31,33,35-36,39,42,45-81H2,1-5H3/b10-8-,16-14-,21-19-,22-20-,27-25-,28-26-,34-32-,38-37-,41-40-,44-43-. The van der Waals surface area contributed by atoms with Gasteiger partial charge in [-0.25, -0.2) is 0 Å². The first-order chi connectivity index (χ1) is 46.0. The monoisotopic (exact) mass is 1330 g/mol. The number of carbonyl (C=O) groups is 2. The van der Waals surface area contributed by atoms with Crippen LogP contribution in [0.25, 0.3) is 0 Å². The Bertz CT molecular complexity index is 2010. The topological polar surface area (TPSA) is 111 Å². The summed E-state index contributed by atoms with van der Waals surface area (Å²) in [4.78, 5) is 38.2. The maximum Gasteiger partial charge on any atom is 0.306 e. The van der Waals surface area contributed by atoms with Gasteiger partial charge in [-0.1, -0.05) is 347 Å². The van der Waals surface area contributed by atoms with Crippen LogP contribution in [0.5, 0.6) is 0 Å². The normalized spacial score (nSPS) is 13.7. The summed E-state index contributed by atoms with van der Waals surface area (Å²) in [6.07, 6.45) is 106. The summed E-state index contributed by atoms with van der Waals surface area (Å²) in [6.45, 7) is 4.15. The van der Waals surface area contributed by atoms with E-state index in [1.54, 1.807) is 0 Å². The molecule has 0 saturated heterocycles. The summed E-state index contributed by atoms with van der Waals surface area (Å²) < 4.78 is 34.4. The second-order valence-electron chi connectivity index (χ2n) is 27.3. The number of carbonyl (C=O) groups excluding carboxylic acids is 2. The zero-order valence-corrected chi connectivity index (χ0v) is 62.8. The van der Waals surface area contributed by atoms with Gasteiger partial charge in [-0.05, 0) is 109 Å². The molecule has 0 fully saturated rings. The Kier molecular flexibility index (Phi) is 70.8. The molecule has 0 aliphatic heterocycles. The summed E-state index contributed by atoms with van der Waals surface area (Å²) in [5.74, 6) is -0.822. The molecule has 0 aromatic heterocycles. The highest BCUT2D eigenvalue weighted by Crippen LogP contribution is 2.38. The molecule has 2 unspecified atom stereocenters. The molecule has 9 nitrogen and oxygen atoms in total. The Hall–Kier alpha value is -3.59. The van der Waals surface area contributed by atoms with Crippen LogP contribution in [-0.2, 0) is 32.7 Å². The minimum Gasteiger partial charge on any atom is -0.756 e. The van der Waals surface area contributed by atoms with Gasteiger partial charge in [-0.2, -0.15) is 0 Å². The smallest absolute Gasteiger partial charge is 0.306 e. The number of esters is 2. The number of nitrogens with zero attached hydrogens (tertiary/aromatic N) is 1. The summed E-state index contributed by atoms with van der Waals surface area (Å²) in [5.41, 5.74) is 0. The van der Waals surface area contributed by atoms with E-state index in [0.29, 0.717) is 17.4 Å². The van der Waals surface area contributed by atoms with Crippen molar-refractivity contribution < 1.29 is 42.1 Å². The third kappa shape index (κ3) is 77.4. The van der Waals surface area contributed by atoms with Crippen molar-refractivity contribution in [1.82, 2.24) is 0 Å². The van der Waals surface area contributed by atoms with Gasteiger partial charge in [-0.3, -0.25) is 14.2 Å². The third-order valence-electron chi connectivity index (χ3n) is 17.0. The highest BCUT2D eigenvalue weighted by Gasteiger charge is 2.22. The van der Waals surface area contributed by atoms with Crippen LogP contribution in [0, 0.1) is 0 Å². The van der Waals surface area contributed by atoms with Crippen LogP contribution in [0.1, 0.15) is 348 Å². The summed E-state index contributed by atoms with van der Waals surface area (Å²) in [7, 11) is 1.17. The lowest BCUT2D eigenvalue weighted by Gasteiger charge is -2.28. The molecule has 0 aromatic carbocycles. The number of hydrogen-bond acceptors (Lipinski definition) is 8. The minimum atomic E-state index is -4.65. The highest BCUT2D eigenvalue weighted by atomic mass is 31.2. The van der Waals surface area contributed by atoms with E-state index in [1.807, 2.05) is 21.1 Å². The van der Waals surface area contributed by atoms with Crippen molar-refractivity contribution in [3.8, 4) is 0 Å². The summed E-state index contributed by atoms with van der Waals surface area (Å²) in [6, 6.07) is 0. The van der Waals surface area contributed by atoms with Gasteiger partial charge in [0.05, 0.1) is 27.7 Å². The third-order valence-corrected chi connectivity index (χ3v) is 17.9. The first-order valence-corrected chi connectivity index (χ1v) is 40.7. The quantitative estimate of drug-likeness (QED) is 0.0195. The molecule has 0 amide bonds. The lowest BCUT2D eigenvalue weighted by Crippen LogP contribution is -2.37. The van der Waals surface area contributed by atoms with Crippen molar-refractivity contribution in [2.75, 3.05) is 47.5 Å². The number of phosphoric acid groups is 1. The van der Waals surface area contributed by atoms with Crippen molar-refractivity contribution >= 4 is 19.8 Å². The van der Waals surface area contributed by atoms with E-state index >= 15 is 0 Å². The van der Waals surface area contributed by atoms with Gasteiger partial charge in [0, 0.05) is 12.8 Å². The average molecular weight is 1330 g/mol. The molecule has 2 atom stereocenters. The van der Waals surface area contributed by atoms with Crippen molar-refractivity contribution in [2.24, 2.45) is 0 Å². The van der Waals surface area contributed by atoms with Crippen LogP contribution in [-0.4, -0.2) is 70.0 Å². The summed E-state index contributed by atoms with van der Waals surface area (Å²) >= 11 is 0. The zero-order chi connectivity index (χ0) is 68.3. The molecule has 0 rings (SSSR count). The Morgan fingerprint density at radius 2 is 0.606 bits per heavy atom. The molecular formula is C84H148NO8P. The Balaban J connectivity index is 3.98. The molecule has 0 N–H and O–H groups in total. The SMILES string of the molecule is CC/C=C\C/C=C\C/C=C\C/C=C\C/C=C\C/C=C\C/C=C\C/C=C\CCCCCCCCCCCCCCCCCCC(=O)OC(COC(=O)CCCCCCCCCCCCCCCCCCC/C=C\C/C=C\CCCCCCC)COP(=O)([O-])OCC[N+](C)(C)C. The molecule has 94 heavy (non-hydrogen) atoms. The first-order valence-electron chi connectivity index (χ1n) is 39.2. The zero-order valence-electron chi connectivity index (χ0n) is 61.9. The van der Waals surface area contributed by atoms with Gasteiger partial charge in [-0.15, -0.1) is 0 Å². The number of rotatable bonds is 72. The van der Waals surface area contributed by atoms with Gasteiger partial charge in [0.15, 0.2) is 6.10 Å². The summed E-state index contributed by atoms with van der Waals surface area (Å²) in [5, 5.41) is 0. The number of phosphoric ester groups is 1. The Morgan fingerprint density at radius 3 is 0.904 bits per heavy atom. The molecule has 0 heterocycles. The van der Waals surface area contributed by atoms with E-state index < -0.39 is 26.5 Å². The molecule has 0 saturated carbocycles. The van der Waals surface area contributed by atoms with Crippen LogP contribution in [0.3, 0.4) is 0 Å². The molecule has 0 aliphatic carbocycles. The van der Waals surface area contributed by atoms with Crippen molar-refractivity contribution in [1.29, 1.82) is 0 Å². The molecular weight excluding hydrogens is 1180 g/mol. The molecule has 10 heteroatoms. The molecule has 0 aromatic rings.